The predicted octanol–water partition coefficient (Wildman–Crippen LogP) is -0.682. The van der Waals surface area contributed by atoms with Gasteiger partial charge in [-0.15, -0.1) is 0 Å². The van der Waals surface area contributed by atoms with Crippen molar-refractivity contribution < 1.29 is 9.59 Å². The van der Waals surface area contributed by atoms with Gasteiger partial charge >= 0.3 is 0 Å². The van der Waals surface area contributed by atoms with Crippen molar-refractivity contribution in [2.45, 2.75) is 26.3 Å². The number of hydrogen-bond acceptors (Lipinski definition) is 3. The Balaban J connectivity index is 4.42. The fourth-order valence-corrected chi connectivity index (χ4v) is 0.987. The summed E-state index contributed by atoms with van der Waals surface area (Å²) in [6, 6.07) is 0. The van der Waals surface area contributed by atoms with Gasteiger partial charge in [-0.25, -0.2) is 0 Å². The van der Waals surface area contributed by atoms with Crippen LogP contribution in [0.25, 0.3) is 0 Å². The third-order valence-corrected chi connectivity index (χ3v) is 1.83. The molecule has 0 unspecified atom stereocenters. The van der Waals surface area contributed by atoms with Crippen molar-refractivity contribution >= 4 is 11.8 Å². The van der Waals surface area contributed by atoms with Crippen molar-refractivity contribution in [3.63, 3.8) is 0 Å². The van der Waals surface area contributed by atoms with Gasteiger partial charge in [0.15, 0.2) is 0 Å². The number of nitrogens with one attached hydrogen (secondary N) is 1. The van der Waals surface area contributed by atoms with Gasteiger partial charge < -0.3 is 16.0 Å². The van der Waals surface area contributed by atoms with Crippen LogP contribution < -0.4 is 11.1 Å². The van der Waals surface area contributed by atoms with Gasteiger partial charge in [0, 0.05) is 13.6 Å². The van der Waals surface area contributed by atoms with E-state index in [9.17, 15) is 9.59 Å². The number of hydrogen-bond donors (Lipinski definition) is 2. The number of likely N-dealkylation sites (N-methyl/N-ethyl adjacent to an activating group) is 2. The van der Waals surface area contributed by atoms with Crippen molar-refractivity contribution in [2.75, 3.05) is 20.1 Å². The van der Waals surface area contributed by atoms with E-state index >= 15 is 0 Å². The zero-order chi connectivity index (χ0) is 11.4. The summed E-state index contributed by atoms with van der Waals surface area (Å²) in [4.78, 5) is 24.2. The molecule has 0 fully saturated rings. The highest BCUT2D eigenvalue weighted by Gasteiger charge is 2.27. The number of nitrogens with two attached hydrogens (primary N) is 1. The topological polar surface area (TPSA) is 75.4 Å². The summed E-state index contributed by atoms with van der Waals surface area (Å²) < 4.78 is 0. The van der Waals surface area contributed by atoms with Gasteiger partial charge in [-0.05, 0) is 20.8 Å². The lowest BCUT2D eigenvalue weighted by Gasteiger charge is -2.27. The molecule has 0 aliphatic heterocycles. The number of carbonyl (C=O) groups excluding carboxylic acids is 2. The molecule has 0 radical (unpaired) electrons. The molecular formula is C9H19N3O2. The Morgan fingerprint density at radius 2 is 1.93 bits per heavy atom. The van der Waals surface area contributed by atoms with E-state index in [0.29, 0.717) is 6.54 Å². The van der Waals surface area contributed by atoms with Crippen LogP contribution in [0.2, 0.25) is 0 Å². The summed E-state index contributed by atoms with van der Waals surface area (Å²) in [6.07, 6.45) is 0. The van der Waals surface area contributed by atoms with Crippen LogP contribution in [0.5, 0.6) is 0 Å². The normalized spacial score (nSPS) is 10.9. The molecule has 0 bridgehead atoms. The largest absolute Gasteiger partial charge is 0.358 e. The average Bonchev–Trinajstić information content (AvgIpc) is 2.11. The van der Waals surface area contributed by atoms with Crippen molar-refractivity contribution in [1.82, 2.24) is 10.2 Å². The predicted molar refractivity (Wildman–Crippen MR) is 54.6 cm³/mol. The van der Waals surface area contributed by atoms with E-state index in [1.54, 1.807) is 13.8 Å². The van der Waals surface area contributed by atoms with Crippen LogP contribution in [-0.4, -0.2) is 42.4 Å². The first-order chi connectivity index (χ1) is 6.32. The van der Waals surface area contributed by atoms with E-state index in [1.165, 1.54) is 11.9 Å². The number of nitrogens with zero attached hydrogens (tertiary/aromatic N) is 1. The molecule has 0 aliphatic carbocycles. The molecule has 14 heavy (non-hydrogen) atoms. The Morgan fingerprint density at radius 1 is 1.43 bits per heavy atom. The van der Waals surface area contributed by atoms with Crippen LogP contribution in [-0.2, 0) is 9.59 Å². The molecule has 0 saturated heterocycles. The van der Waals surface area contributed by atoms with Crippen LogP contribution in [0.15, 0.2) is 0 Å². The van der Waals surface area contributed by atoms with Crippen LogP contribution >= 0.6 is 0 Å². The molecule has 0 spiro atoms. The minimum Gasteiger partial charge on any atom is -0.358 e. The summed E-state index contributed by atoms with van der Waals surface area (Å²) in [5.74, 6) is -0.409. The molecule has 5 nitrogen and oxygen atoms in total. The Morgan fingerprint density at radius 3 is 2.21 bits per heavy atom. The van der Waals surface area contributed by atoms with Gasteiger partial charge in [-0.1, -0.05) is 0 Å². The summed E-state index contributed by atoms with van der Waals surface area (Å²) in [5, 5.41) is 2.46. The van der Waals surface area contributed by atoms with Crippen molar-refractivity contribution in [2.24, 2.45) is 5.73 Å². The van der Waals surface area contributed by atoms with Crippen LogP contribution in [0.3, 0.4) is 0 Å². The SMILES string of the molecule is CCN(CC(=O)NC)C(=O)C(C)(C)N. The smallest absolute Gasteiger partial charge is 0.242 e. The number of rotatable bonds is 4. The standard InChI is InChI=1S/C9H19N3O2/c1-5-12(6-7(13)11-4)8(14)9(2,3)10/h5-6,10H2,1-4H3,(H,11,13). The molecule has 0 rings (SSSR count). The minimum atomic E-state index is -0.927. The van der Waals surface area contributed by atoms with Crippen LogP contribution in [0.1, 0.15) is 20.8 Å². The van der Waals surface area contributed by atoms with E-state index in [4.69, 9.17) is 5.73 Å². The second kappa shape index (κ2) is 4.95. The summed E-state index contributed by atoms with van der Waals surface area (Å²) in [5.41, 5.74) is 4.72. The van der Waals surface area contributed by atoms with Crippen LogP contribution in [0.4, 0.5) is 0 Å². The maximum Gasteiger partial charge on any atom is 0.242 e. The third-order valence-electron chi connectivity index (χ3n) is 1.83. The van der Waals surface area contributed by atoms with Gasteiger partial charge in [-0.3, -0.25) is 9.59 Å². The monoisotopic (exact) mass is 201 g/mol. The zero-order valence-corrected chi connectivity index (χ0v) is 9.26. The summed E-state index contributed by atoms with van der Waals surface area (Å²) >= 11 is 0. The molecule has 3 N–H and O–H groups in total. The lowest BCUT2D eigenvalue weighted by molar-refractivity contribution is -0.139. The second-order valence-corrected chi connectivity index (χ2v) is 3.71. The lowest BCUT2D eigenvalue weighted by Crippen LogP contribution is -2.53. The Kier molecular flexibility index (Phi) is 4.56. The first-order valence-electron chi connectivity index (χ1n) is 4.61. The van der Waals surface area contributed by atoms with Crippen LogP contribution in [0, 0.1) is 0 Å². The van der Waals surface area contributed by atoms with E-state index in [0.717, 1.165) is 0 Å². The summed E-state index contributed by atoms with van der Waals surface area (Å²) in [6.45, 7) is 5.61. The Labute approximate surface area is 84.6 Å². The molecule has 0 heterocycles. The Bertz CT molecular complexity index is 221. The van der Waals surface area contributed by atoms with E-state index in [-0.39, 0.29) is 18.4 Å². The third kappa shape index (κ3) is 3.74. The van der Waals surface area contributed by atoms with Gasteiger partial charge in [0.25, 0.3) is 0 Å². The molecule has 2 amide bonds. The lowest BCUT2D eigenvalue weighted by atomic mass is 10.1. The molecular weight excluding hydrogens is 182 g/mol. The van der Waals surface area contributed by atoms with Crippen molar-refractivity contribution in [1.29, 1.82) is 0 Å². The molecule has 0 aromatic heterocycles. The molecule has 0 aromatic rings. The van der Waals surface area contributed by atoms with E-state index in [2.05, 4.69) is 5.32 Å². The number of amides is 2. The fraction of sp³-hybridized carbons (Fsp3) is 0.778. The molecule has 0 aliphatic rings. The van der Waals surface area contributed by atoms with Gasteiger partial charge in [0.2, 0.25) is 11.8 Å². The molecule has 0 saturated carbocycles. The van der Waals surface area contributed by atoms with Gasteiger partial charge in [0.1, 0.15) is 0 Å². The summed E-state index contributed by atoms with van der Waals surface area (Å²) in [7, 11) is 1.54. The van der Waals surface area contributed by atoms with E-state index < -0.39 is 5.54 Å². The first kappa shape index (κ1) is 12.9. The molecule has 5 heteroatoms. The maximum atomic E-state index is 11.7. The molecule has 0 atom stereocenters. The van der Waals surface area contributed by atoms with Gasteiger partial charge in [-0.2, -0.15) is 0 Å². The Hall–Kier alpha value is -1.10. The zero-order valence-electron chi connectivity index (χ0n) is 9.26. The highest BCUT2D eigenvalue weighted by atomic mass is 16.2. The highest BCUT2D eigenvalue weighted by molar-refractivity contribution is 5.89. The second-order valence-electron chi connectivity index (χ2n) is 3.71. The quantitative estimate of drug-likeness (QED) is 0.632. The molecule has 82 valence electrons. The van der Waals surface area contributed by atoms with Gasteiger partial charge in [0.05, 0.1) is 12.1 Å². The maximum absolute atomic E-state index is 11.7. The molecule has 0 aromatic carbocycles. The minimum absolute atomic E-state index is 0.0620. The average molecular weight is 201 g/mol. The van der Waals surface area contributed by atoms with Crippen molar-refractivity contribution in [3.05, 3.63) is 0 Å². The number of carbonyl (C=O) groups is 2. The van der Waals surface area contributed by atoms with Crippen molar-refractivity contribution in [3.8, 4) is 0 Å². The first-order valence-corrected chi connectivity index (χ1v) is 4.61. The highest BCUT2D eigenvalue weighted by Crippen LogP contribution is 2.03. The van der Waals surface area contributed by atoms with E-state index in [1.807, 2.05) is 6.92 Å². The fourth-order valence-electron chi connectivity index (χ4n) is 0.987.